The molecule has 0 bridgehead atoms. The van der Waals surface area contributed by atoms with Crippen LogP contribution in [0.3, 0.4) is 0 Å². The summed E-state index contributed by atoms with van der Waals surface area (Å²) < 4.78 is 0. The molecule has 94 valence electrons. The van der Waals surface area contributed by atoms with Crippen molar-refractivity contribution < 1.29 is 0 Å². The minimum Gasteiger partial charge on any atom is -0.308 e. The number of rotatable bonds is 3. The molecule has 0 radical (unpaired) electrons. The quantitative estimate of drug-likeness (QED) is 0.919. The minimum atomic E-state index is -0.0592. The van der Waals surface area contributed by atoms with Crippen LogP contribution in [0.2, 0.25) is 10.0 Å². The lowest BCUT2D eigenvalue weighted by Crippen LogP contribution is -2.19. The largest absolute Gasteiger partial charge is 0.308 e. The van der Waals surface area contributed by atoms with Crippen molar-refractivity contribution in [3.63, 3.8) is 0 Å². The van der Waals surface area contributed by atoms with E-state index in [4.69, 9.17) is 23.2 Å². The molecule has 0 fully saturated rings. The third-order valence-electron chi connectivity index (χ3n) is 2.79. The van der Waals surface area contributed by atoms with Gasteiger partial charge in [0.25, 0.3) is 0 Å². The molecule has 18 heavy (non-hydrogen) atoms. The molecule has 0 amide bonds. The second kappa shape index (κ2) is 5.70. The average Bonchev–Trinajstić information content (AvgIpc) is 2.35. The van der Waals surface area contributed by atoms with Crippen LogP contribution in [0.25, 0.3) is 0 Å². The number of benzene rings is 1. The average molecular weight is 281 g/mol. The number of aromatic nitrogens is 1. The predicted octanol–water partition coefficient (Wildman–Crippen LogP) is 4.01. The van der Waals surface area contributed by atoms with Crippen LogP contribution in [-0.4, -0.2) is 12.0 Å². The van der Waals surface area contributed by atoms with Crippen molar-refractivity contribution in [2.75, 3.05) is 7.05 Å². The molecule has 0 aliphatic heterocycles. The minimum absolute atomic E-state index is 0.0592. The van der Waals surface area contributed by atoms with Crippen LogP contribution in [0.1, 0.15) is 23.0 Å². The Bertz CT molecular complexity index is 555. The van der Waals surface area contributed by atoms with Gasteiger partial charge in [-0.3, -0.25) is 4.98 Å². The molecule has 0 saturated carbocycles. The number of nitrogens with one attached hydrogen (secondary N) is 1. The van der Waals surface area contributed by atoms with Gasteiger partial charge in [-0.05, 0) is 37.7 Å². The molecule has 2 rings (SSSR count). The molecular formula is C14H14Cl2N2. The Morgan fingerprint density at radius 2 is 1.83 bits per heavy atom. The summed E-state index contributed by atoms with van der Waals surface area (Å²) in [7, 11) is 1.88. The van der Waals surface area contributed by atoms with Crippen molar-refractivity contribution in [3.8, 4) is 0 Å². The third-order valence-corrected chi connectivity index (χ3v) is 3.62. The summed E-state index contributed by atoms with van der Waals surface area (Å²) in [5, 5.41) is 4.35. The van der Waals surface area contributed by atoms with Crippen molar-refractivity contribution in [1.29, 1.82) is 0 Å². The Balaban J connectivity index is 2.49. The summed E-state index contributed by atoms with van der Waals surface area (Å²) in [4.78, 5) is 4.53. The molecule has 4 heteroatoms. The van der Waals surface area contributed by atoms with Crippen molar-refractivity contribution >= 4 is 23.2 Å². The van der Waals surface area contributed by atoms with E-state index in [2.05, 4.69) is 10.3 Å². The fourth-order valence-electron chi connectivity index (χ4n) is 1.93. The molecule has 0 spiro atoms. The summed E-state index contributed by atoms with van der Waals surface area (Å²) in [6.07, 6.45) is 0. The number of pyridine rings is 1. The first-order valence-electron chi connectivity index (χ1n) is 5.68. The van der Waals surface area contributed by atoms with Crippen LogP contribution in [-0.2, 0) is 0 Å². The van der Waals surface area contributed by atoms with Crippen LogP contribution in [0.15, 0.2) is 36.4 Å². The van der Waals surface area contributed by atoms with Gasteiger partial charge < -0.3 is 5.32 Å². The van der Waals surface area contributed by atoms with E-state index in [1.54, 1.807) is 6.07 Å². The summed E-state index contributed by atoms with van der Waals surface area (Å²) >= 11 is 12.3. The monoisotopic (exact) mass is 280 g/mol. The number of nitrogens with zero attached hydrogens (tertiary/aromatic N) is 1. The van der Waals surface area contributed by atoms with Crippen molar-refractivity contribution in [1.82, 2.24) is 10.3 Å². The molecule has 1 unspecified atom stereocenters. The zero-order valence-electron chi connectivity index (χ0n) is 10.2. The van der Waals surface area contributed by atoms with Gasteiger partial charge in [0.15, 0.2) is 0 Å². The highest BCUT2D eigenvalue weighted by Crippen LogP contribution is 2.32. The molecule has 1 aromatic heterocycles. The Labute approximate surface area is 117 Å². The highest BCUT2D eigenvalue weighted by atomic mass is 35.5. The molecule has 2 aromatic rings. The maximum Gasteiger partial charge on any atom is 0.0764 e. The first kappa shape index (κ1) is 13.3. The van der Waals surface area contributed by atoms with E-state index >= 15 is 0 Å². The standard InChI is InChI=1S/C14H14Cl2N2/c1-9-5-3-8-12(18-9)14(17-2)10-6-4-7-11(15)13(10)16/h3-8,14,17H,1-2H3. The fourth-order valence-corrected chi connectivity index (χ4v) is 2.35. The van der Waals surface area contributed by atoms with E-state index in [9.17, 15) is 0 Å². The number of hydrogen-bond donors (Lipinski definition) is 1. The highest BCUT2D eigenvalue weighted by Gasteiger charge is 2.17. The van der Waals surface area contributed by atoms with E-state index in [-0.39, 0.29) is 6.04 Å². The second-order valence-corrected chi connectivity index (χ2v) is 4.85. The normalized spacial score (nSPS) is 12.4. The van der Waals surface area contributed by atoms with Gasteiger partial charge in [0, 0.05) is 5.69 Å². The molecule has 2 nitrogen and oxygen atoms in total. The van der Waals surface area contributed by atoms with Crippen molar-refractivity contribution in [2.45, 2.75) is 13.0 Å². The Kier molecular flexibility index (Phi) is 4.23. The molecule has 1 atom stereocenters. The van der Waals surface area contributed by atoms with Gasteiger partial charge in [0.05, 0.1) is 21.8 Å². The lowest BCUT2D eigenvalue weighted by atomic mass is 10.0. The van der Waals surface area contributed by atoms with Gasteiger partial charge in [0.2, 0.25) is 0 Å². The highest BCUT2D eigenvalue weighted by molar-refractivity contribution is 6.42. The smallest absolute Gasteiger partial charge is 0.0764 e. The summed E-state index contributed by atoms with van der Waals surface area (Å²) in [6, 6.07) is 11.5. The Hall–Kier alpha value is -1.09. The number of hydrogen-bond acceptors (Lipinski definition) is 2. The first-order chi connectivity index (χ1) is 8.63. The van der Waals surface area contributed by atoms with E-state index in [1.165, 1.54) is 0 Å². The van der Waals surface area contributed by atoms with Gasteiger partial charge in [-0.2, -0.15) is 0 Å². The lowest BCUT2D eigenvalue weighted by Gasteiger charge is -2.18. The third kappa shape index (κ3) is 2.66. The molecular weight excluding hydrogens is 267 g/mol. The Morgan fingerprint density at radius 1 is 1.11 bits per heavy atom. The number of aryl methyl sites for hydroxylation is 1. The Morgan fingerprint density at radius 3 is 2.50 bits per heavy atom. The van der Waals surface area contributed by atoms with Gasteiger partial charge in [-0.1, -0.05) is 41.4 Å². The van der Waals surface area contributed by atoms with Gasteiger partial charge in [-0.15, -0.1) is 0 Å². The maximum absolute atomic E-state index is 6.26. The summed E-state index contributed by atoms with van der Waals surface area (Å²) in [5.41, 5.74) is 2.84. The van der Waals surface area contributed by atoms with Gasteiger partial charge >= 0.3 is 0 Å². The molecule has 0 aliphatic rings. The van der Waals surface area contributed by atoms with E-state index in [0.29, 0.717) is 10.0 Å². The van der Waals surface area contributed by atoms with Crippen LogP contribution < -0.4 is 5.32 Å². The molecule has 0 saturated heterocycles. The van der Waals surface area contributed by atoms with Crippen LogP contribution in [0, 0.1) is 6.92 Å². The maximum atomic E-state index is 6.26. The number of halogens is 2. The SMILES string of the molecule is CNC(c1cccc(C)n1)c1cccc(Cl)c1Cl. The van der Waals surface area contributed by atoms with Gasteiger partial charge in [0.1, 0.15) is 0 Å². The first-order valence-corrected chi connectivity index (χ1v) is 6.44. The molecule has 1 aromatic carbocycles. The van der Waals surface area contributed by atoms with Crippen molar-refractivity contribution in [3.05, 3.63) is 63.4 Å². The zero-order valence-corrected chi connectivity index (χ0v) is 11.8. The van der Waals surface area contributed by atoms with Crippen molar-refractivity contribution in [2.24, 2.45) is 0 Å². The summed E-state index contributed by atoms with van der Waals surface area (Å²) in [5.74, 6) is 0. The van der Waals surface area contributed by atoms with Crippen LogP contribution in [0.4, 0.5) is 0 Å². The van der Waals surface area contributed by atoms with E-state index < -0.39 is 0 Å². The fraction of sp³-hybridized carbons (Fsp3) is 0.214. The topological polar surface area (TPSA) is 24.9 Å². The van der Waals surface area contributed by atoms with E-state index in [0.717, 1.165) is 17.0 Å². The lowest BCUT2D eigenvalue weighted by molar-refractivity contribution is 0.669. The predicted molar refractivity (Wildman–Crippen MR) is 76.3 cm³/mol. The van der Waals surface area contributed by atoms with Gasteiger partial charge in [-0.25, -0.2) is 0 Å². The van der Waals surface area contributed by atoms with Crippen LogP contribution in [0.5, 0.6) is 0 Å². The zero-order chi connectivity index (χ0) is 13.1. The molecule has 1 heterocycles. The molecule has 1 N–H and O–H groups in total. The van der Waals surface area contributed by atoms with Crippen LogP contribution >= 0.6 is 23.2 Å². The second-order valence-electron chi connectivity index (χ2n) is 4.07. The summed E-state index contributed by atoms with van der Waals surface area (Å²) in [6.45, 7) is 1.97. The molecule has 0 aliphatic carbocycles. The van der Waals surface area contributed by atoms with E-state index in [1.807, 2.05) is 44.3 Å².